The number of nitrogens with zero attached hydrogens (tertiary/aromatic N) is 4. The number of piperidine rings is 1. The molecule has 0 saturated carbocycles. The van der Waals surface area contributed by atoms with Crippen LogP contribution in [-0.2, 0) is 43.1 Å². The normalized spacial score (nSPS) is 16.9. The minimum Gasteiger partial charge on any atom is -0.379 e. The van der Waals surface area contributed by atoms with Crippen LogP contribution in [0.5, 0.6) is 0 Å². The zero-order valence-electron chi connectivity index (χ0n) is 22.9. The van der Waals surface area contributed by atoms with Crippen LogP contribution >= 0.6 is 0 Å². The third-order valence-corrected chi connectivity index (χ3v) is 7.86. The van der Waals surface area contributed by atoms with Crippen LogP contribution in [0.25, 0.3) is 10.4 Å². The van der Waals surface area contributed by atoms with Crippen molar-refractivity contribution in [3.05, 3.63) is 39.8 Å². The lowest BCUT2D eigenvalue weighted by Gasteiger charge is -2.27. The van der Waals surface area contributed by atoms with E-state index in [0.717, 1.165) is 4.90 Å². The van der Waals surface area contributed by atoms with Crippen molar-refractivity contribution in [3.8, 4) is 0 Å². The summed E-state index contributed by atoms with van der Waals surface area (Å²) in [5.74, 6) is -3.39. The van der Waals surface area contributed by atoms with E-state index in [1.807, 2.05) is 0 Å². The molecule has 1 aromatic carbocycles. The van der Waals surface area contributed by atoms with Crippen LogP contribution in [0.2, 0.25) is 0 Å². The molecule has 4 amide bonds. The van der Waals surface area contributed by atoms with E-state index >= 15 is 0 Å². The summed E-state index contributed by atoms with van der Waals surface area (Å²) in [6.45, 7) is 2.97. The van der Waals surface area contributed by atoms with Crippen LogP contribution in [0.4, 0.5) is 0 Å². The highest BCUT2D eigenvalue weighted by Crippen LogP contribution is 2.32. The number of nitrogens with one attached hydrogen (secondary N) is 1. The van der Waals surface area contributed by atoms with E-state index in [2.05, 4.69) is 15.3 Å². The summed E-state index contributed by atoms with van der Waals surface area (Å²) in [5, 5.41) is 5.44. The molecule has 1 N–H and O–H groups in total. The van der Waals surface area contributed by atoms with Crippen molar-refractivity contribution >= 4 is 33.5 Å². The van der Waals surface area contributed by atoms with Gasteiger partial charge in [-0.2, -0.15) is 0 Å². The van der Waals surface area contributed by atoms with Gasteiger partial charge < -0.3 is 23.7 Å². The number of hydrogen-bond acceptors (Lipinski definition) is 12. The van der Waals surface area contributed by atoms with Gasteiger partial charge in [0.05, 0.1) is 87.8 Å². The molecular formula is C25H33N5O11S. The molecule has 0 aliphatic carbocycles. The van der Waals surface area contributed by atoms with E-state index in [1.54, 1.807) is 0 Å². The predicted octanol–water partition coefficient (Wildman–Crippen LogP) is 0.255. The van der Waals surface area contributed by atoms with E-state index in [4.69, 9.17) is 29.2 Å². The van der Waals surface area contributed by atoms with Gasteiger partial charge in [-0.1, -0.05) is 11.2 Å². The fourth-order valence-corrected chi connectivity index (χ4v) is 5.50. The zero-order chi connectivity index (χ0) is 30.4. The molecule has 16 nitrogen and oxygen atoms in total. The van der Waals surface area contributed by atoms with E-state index < -0.39 is 45.3 Å². The number of rotatable bonds is 20. The summed E-state index contributed by atoms with van der Waals surface area (Å²) in [7, 11) is -4.02. The number of azide groups is 1. The fourth-order valence-electron chi connectivity index (χ4n) is 4.15. The van der Waals surface area contributed by atoms with Crippen molar-refractivity contribution in [1.82, 2.24) is 10.2 Å². The molecule has 2 aliphatic rings. The number of carbonyl (C=O) groups excluding carboxylic acids is 4. The Morgan fingerprint density at radius 2 is 1.43 bits per heavy atom. The topological polar surface area (TPSA) is 213 Å². The molecule has 1 saturated heterocycles. The van der Waals surface area contributed by atoms with Crippen LogP contribution in [0.15, 0.2) is 28.2 Å². The lowest BCUT2D eigenvalue weighted by atomic mass is 10.0. The minimum absolute atomic E-state index is 0.0341. The summed E-state index contributed by atoms with van der Waals surface area (Å²) in [5.41, 5.74) is 7.74. The number of amides is 4. The highest BCUT2D eigenvalue weighted by atomic mass is 32.2. The van der Waals surface area contributed by atoms with Gasteiger partial charge >= 0.3 is 0 Å². The molecule has 2 aliphatic heterocycles. The third kappa shape index (κ3) is 9.29. The lowest BCUT2D eigenvalue weighted by Crippen LogP contribution is -2.54. The minimum atomic E-state index is -4.02. The van der Waals surface area contributed by atoms with Crippen molar-refractivity contribution in [3.63, 3.8) is 0 Å². The maximum atomic E-state index is 13.1. The summed E-state index contributed by atoms with van der Waals surface area (Å²) in [4.78, 5) is 52.8. The molecule has 2 heterocycles. The van der Waals surface area contributed by atoms with Gasteiger partial charge in [0.1, 0.15) is 6.04 Å². The number of imide groups is 2. The molecule has 1 unspecified atom stereocenters. The van der Waals surface area contributed by atoms with Gasteiger partial charge in [-0.25, -0.2) is 8.42 Å². The van der Waals surface area contributed by atoms with Crippen LogP contribution in [0.3, 0.4) is 0 Å². The monoisotopic (exact) mass is 611 g/mol. The van der Waals surface area contributed by atoms with Crippen LogP contribution in [0.1, 0.15) is 33.6 Å². The Hall–Kier alpha value is -3.44. The third-order valence-electron chi connectivity index (χ3n) is 6.15. The SMILES string of the molecule is [N-]=[N+]=NCCOCCOCCOCCOCCOCCS(=O)(=O)c1cccc2c1C(=O)N(C1CCC(=O)NC1=O)C2=O. The Bertz CT molecular complexity index is 1280. The molecule has 17 heteroatoms. The molecular weight excluding hydrogens is 578 g/mol. The van der Waals surface area contributed by atoms with Gasteiger partial charge in [-0.15, -0.1) is 0 Å². The zero-order valence-corrected chi connectivity index (χ0v) is 23.7. The quantitative estimate of drug-likeness (QED) is 0.0694. The Labute approximate surface area is 242 Å². The van der Waals surface area contributed by atoms with Gasteiger partial charge in [-0.3, -0.25) is 29.4 Å². The maximum absolute atomic E-state index is 13.1. The molecule has 1 fully saturated rings. The van der Waals surface area contributed by atoms with Crippen molar-refractivity contribution in [2.45, 2.75) is 23.8 Å². The van der Waals surface area contributed by atoms with Gasteiger partial charge in [0.25, 0.3) is 11.8 Å². The molecule has 42 heavy (non-hydrogen) atoms. The first-order chi connectivity index (χ1) is 20.3. The maximum Gasteiger partial charge on any atom is 0.263 e. The summed E-state index contributed by atoms with van der Waals surface area (Å²) >= 11 is 0. The van der Waals surface area contributed by atoms with Crippen LogP contribution < -0.4 is 5.32 Å². The van der Waals surface area contributed by atoms with Gasteiger partial charge in [0, 0.05) is 17.9 Å². The smallest absolute Gasteiger partial charge is 0.263 e. The van der Waals surface area contributed by atoms with E-state index in [-0.39, 0.29) is 55.2 Å². The van der Waals surface area contributed by atoms with Gasteiger partial charge in [0.15, 0.2) is 9.84 Å². The summed E-state index contributed by atoms with van der Waals surface area (Å²) < 4.78 is 52.7. The largest absolute Gasteiger partial charge is 0.379 e. The van der Waals surface area contributed by atoms with Crippen molar-refractivity contribution in [1.29, 1.82) is 0 Å². The Kier molecular flexibility index (Phi) is 13.3. The number of carbonyl (C=O) groups is 4. The van der Waals surface area contributed by atoms with Gasteiger partial charge in [0.2, 0.25) is 11.8 Å². The van der Waals surface area contributed by atoms with Crippen LogP contribution in [-0.4, -0.2) is 121 Å². The Balaban J connectivity index is 1.31. The van der Waals surface area contributed by atoms with Crippen molar-refractivity contribution in [2.24, 2.45) is 5.11 Å². The summed E-state index contributed by atoms with van der Waals surface area (Å²) in [6.07, 6.45) is -0.0777. The van der Waals surface area contributed by atoms with Crippen molar-refractivity contribution < 1.29 is 51.3 Å². The average molecular weight is 612 g/mol. The second-order valence-electron chi connectivity index (χ2n) is 8.96. The standard InChI is InChI=1S/C25H33N5O11S/c26-29-27-6-7-37-8-9-38-10-11-39-12-13-40-14-15-41-16-17-42(35,36)20-3-1-2-18-22(20)25(34)30(24(18)33)19-4-5-21(31)28-23(19)32/h1-3,19H,4-17H2,(H,28,31,32). The molecule has 0 radical (unpaired) electrons. The van der Waals surface area contributed by atoms with Gasteiger partial charge in [-0.05, 0) is 24.1 Å². The first-order valence-electron chi connectivity index (χ1n) is 13.2. The second-order valence-corrected chi connectivity index (χ2v) is 11.0. The molecule has 1 aromatic rings. The number of benzene rings is 1. The second kappa shape index (κ2) is 16.9. The predicted molar refractivity (Wildman–Crippen MR) is 143 cm³/mol. The van der Waals surface area contributed by atoms with E-state index in [0.29, 0.717) is 46.2 Å². The van der Waals surface area contributed by atoms with Crippen molar-refractivity contribution in [2.75, 3.05) is 78.4 Å². The summed E-state index contributed by atoms with van der Waals surface area (Å²) in [6, 6.07) is 2.74. The number of hydrogen-bond donors (Lipinski definition) is 1. The molecule has 3 rings (SSSR count). The first kappa shape index (κ1) is 33.1. The fraction of sp³-hybridized carbons (Fsp3) is 0.600. The molecule has 0 aromatic heterocycles. The number of fused-ring (bicyclic) bond motifs is 1. The lowest BCUT2D eigenvalue weighted by molar-refractivity contribution is -0.136. The molecule has 0 spiro atoms. The average Bonchev–Trinajstić information content (AvgIpc) is 3.22. The molecule has 0 bridgehead atoms. The highest BCUT2D eigenvalue weighted by Gasteiger charge is 2.46. The van der Waals surface area contributed by atoms with E-state index in [9.17, 15) is 27.6 Å². The highest BCUT2D eigenvalue weighted by molar-refractivity contribution is 7.91. The Morgan fingerprint density at radius 3 is 2.00 bits per heavy atom. The first-order valence-corrected chi connectivity index (χ1v) is 14.9. The number of sulfone groups is 1. The van der Waals surface area contributed by atoms with E-state index in [1.165, 1.54) is 18.2 Å². The Morgan fingerprint density at radius 1 is 0.857 bits per heavy atom. The molecule has 230 valence electrons. The van der Waals surface area contributed by atoms with Crippen LogP contribution in [0, 0.1) is 0 Å². The molecule has 1 atom stereocenters. The number of ether oxygens (including phenoxy) is 5.